The van der Waals surface area contributed by atoms with E-state index >= 15 is 0 Å². The van der Waals surface area contributed by atoms with Crippen LogP contribution in [-0.2, 0) is 42.8 Å². The summed E-state index contributed by atoms with van der Waals surface area (Å²) in [5, 5.41) is 29.3. The fourth-order valence-electron chi connectivity index (χ4n) is 9.07. The standard InChI is InChI=1S/C41H73N5O11/c1-21(2)15-28-37(50)45(12)20-23(5)17-40(10,51)35(57-38-33-29(16-24(6)53-38)46(13)39(56-33)43-22(3)4)25(7)32(26(8)36(49)42-19-30(47)44-28)55-31-18-41(11,52-14)34(48)27(9)54-31/h21-29,31-35,38,48,51H,15-20H2,1-14H3,(H,42,49)(H,44,47)/t23-,24-,25+,26-,27+,28+,29+,31+,32+,33-,34+,35-,38+,40-,41-/m1/s1. The van der Waals surface area contributed by atoms with Crippen molar-refractivity contribution in [2.45, 2.75) is 180 Å². The molecule has 0 aliphatic carbocycles. The van der Waals surface area contributed by atoms with Crippen molar-refractivity contribution in [1.29, 1.82) is 0 Å². The van der Waals surface area contributed by atoms with Crippen LogP contribution in [0.4, 0.5) is 0 Å². The molecule has 328 valence electrons. The molecular formula is C41H73N5O11. The lowest BCUT2D eigenvalue weighted by Gasteiger charge is -2.48. The third-order valence-electron chi connectivity index (χ3n) is 12.1. The molecule has 4 saturated heterocycles. The number of fused-ring (bicyclic) bond motifs is 1. The fourth-order valence-corrected chi connectivity index (χ4v) is 9.07. The van der Waals surface area contributed by atoms with E-state index in [1.807, 2.05) is 60.4 Å². The van der Waals surface area contributed by atoms with Crippen molar-refractivity contribution >= 4 is 23.7 Å². The molecule has 4 N–H and O–H groups in total. The number of aliphatic hydroxyl groups excluding tert-OH is 1. The Bertz CT molecular complexity index is 1410. The van der Waals surface area contributed by atoms with Gasteiger partial charge in [0.1, 0.15) is 12.1 Å². The molecule has 0 spiro atoms. The Morgan fingerprint density at radius 2 is 1.67 bits per heavy atom. The lowest BCUT2D eigenvalue weighted by molar-refractivity contribution is -0.313. The van der Waals surface area contributed by atoms with Crippen molar-refractivity contribution < 1.29 is 53.0 Å². The van der Waals surface area contributed by atoms with Gasteiger partial charge in [-0.25, -0.2) is 4.99 Å². The molecule has 16 nitrogen and oxygen atoms in total. The highest BCUT2D eigenvalue weighted by molar-refractivity contribution is 5.90. The first-order valence-electron chi connectivity index (χ1n) is 20.8. The highest BCUT2D eigenvalue weighted by atomic mass is 16.7. The zero-order valence-electron chi connectivity index (χ0n) is 36.8. The minimum Gasteiger partial charge on any atom is -0.454 e. The minimum absolute atomic E-state index is 0.0104. The fraction of sp³-hybridized carbons (Fsp3) is 0.902. The van der Waals surface area contributed by atoms with Gasteiger partial charge in [0, 0.05) is 46.1 Å². The quantitative estimate of drug-likeness (QED) is 0.281. The minimum atomic E-state index is -1.57. The molecule has 0 aromatic heterocycles. The number of likely N-dealkylation sites (N-methyl/N-ethyl adjacent to an activating group) is 2. The van der Waals surface area contributed by atoms with E-state index < -0.39 is 84.0 Å². The van der Waals surface area contributed by atoms with Crippen LogP contribution < -0.4 is 10.6 Å². The summed E-state index contributed by atoms with van der Waals surface area (Å²) in [7, 11) is 5.15. The number of methoxy groups -OCH3 is 1. The summed E-state index contributed by atoms with van der Waals surface area (Å²) in [6.45, 7) is 20.5. The molecule has 0 aromatic carbocycles. The van der Waals surface area contributed by atoms with Crippen LogP contribution in [0.5, 0.6) is 0 Å². The van der Waals surface area contributed by atoms with E-state index in [0.717, 1.165) is 0 Å². The zero-order valence-corrected chi connectivity index (χ0v) is 36.8. The predicted molar refractivity (Wildman–Crippen MR) is 213 cm³/mol. The van der Waals surface area contributed by atoms with Crippen molar-refractivity contribution in [2.24, 2.45) is 28.7 Å². The van der Waals surface area contributed by atoms with Gasteiger partial charge in [-0.3, -0.25) is 14.4 Å². The van der Waals surface area contributed by atoms with Gasteiger partial charge in [0.15, 0.2) is 18.7 Å². The molecule has 0 saturated carbocycles. The number of nitrogens with zero attached hydrogens (tertiary/aromatic N) is 3. The SMILES string of the molecule is CO[C@]1(C)C[C@H](O[C@H]2[C@H](C)[C@@H](O[C@@H]3O[C@H](C)C[C@H]4[C@H]3OC(=NC(C)C)N4C)[C@](C)(O)C[C@@H](C)CN(C)C(=O)[C@H](CC(C)C)NC(=O)CNC(=O)[C@@H]2C)O[C@@H](C)[C@@H]1O. The first kappa shape index (κ1) is 47.1. The van der Waals surface area contributed by atoms with Crippen LogP contribution in [-0.4, -0.2) is 157 Å². The number of hydrogen-bond donors (Lipinski definition) is 4. The monoisotopic (exact) mass is 812 g/mol. The predicted octanol–water partition coefficient (Wildman–Crippen LogP) is 2.42. The summed E-state index contributed by atoms with van der Waals surface area (Å²) >= 11 is 0. The van der Waals surface area contributed by atoms with Gasteiger partial charge in [-0.2, -0.15) is 0 Å². The van der Waals surface area contributed by atoms with E-state index in [1.54, 1.807) is 39.6 Å². The third kappa shape index (κ3) is 11.4. The van der Waals surface area contributed by atoms with Crippen molar-refractivity contribution in [2.75, 3.05) is 34.3 Å². The topological polar surface area (TPSA) is 190 Å². The molecule has 16 heteroatoms. The summed E-state index contributed by atoms with van der Waals surface area (Å²) in [5.41, 5.74) is -2.58. The largest absolute Gasteiger partial charge is 0.454 e. The number of amidine groups is 1. The molecule has 0 unspecified atom stereocenters. The summed E-state index contributed by atoms with van der Waals surface area (Å²) in [5.74, 6) is -2.98. The van der Waals surface area contributed by atoms with Gasteiger partial charge in [-0.1, -0.05) is 34.6 Å². The summed E-state index contributed by atoms with van der Waals surface area (Å²) < 4.78 is 38.6. The Balaban J connectivity index is 1.79. The molecule has 0 aromatic rings. The number of carbonyl (C=O) groups excluding carboxylic acids is 3. The van der Waals surface area contributed by atoms with Gasteiger partial charge in [-0.05, 0) is 72.6 Å². The molecular weight excluding hydrogens is 738 g/mol. The first-order valence-corrected chi connectivity index (χ1v) is 20.8. The van der Waals surface area contributed by atoms with Crippen molar-refractivity contribution in [3.63, 3.8) is 0 Å². The van der Waals surface area contributed by atoms with E-state index in [9.17, 15) is 24.6 Å². The Morgan fingerprint density at radius 1 is 1.00 bits per heavy atom. The lowest BCUT2D eigenvalue weighted by Crippen LogP contribution is -2.60. The number of hydrogen-bond acceptors (Lipinski definition) is 12. The van der Waals surface area contributed by atoms with Crippen LogP contribution in [0, 0.1) is 23.7 Å². The van der Waals surface area contributed by atoms with Crippen LogP contribution in [0.3, 0.4) is 0 Å². The van der Waals surface area contributed by atoms with Gasteiger partial charge < -0.3 is 59.1 Å². The number of rotatable bonds is 8. The number of aliphatic hydroxyl groups is 2. The van der Waals surface area contributed by atoms with E-state index in [-0.39, 0.29) is 55.3 Å². The maximum atomic E-state index is 14.1. The van der Waals surface area contributed by atoms with Gasteiger partial charge in [0.05, 0.1) is 54.1 Å². The maximum absolute atomic E-state index is 14.1. The van der Waals surface area contributed by atoms with E-state index in [2.05, 4.69) is 10.6 Å². The average molecular weight is 812 g/mol. The molecule has 0 radical (unpaired) electrons. The van der Waals surface area contributed by atoms with Gasteiger partial charge in [0.25, 0.3) is 6.02 Å². The highest BCUT2D eigenvalue weighted by Crippen LogP contribution is 2.40. The van der Waals surface area contributed by atoms with Crippen molar-refractivity contribution in [3.05, 3.63) is 0 Å². The Labute approximate surface area is 340 Å². The van der Waals surface area contributed by atoms with Crippen LogP contribution in [0.25, 0.3) is 0 Å². The second-order valence-corrected chi connectivity index (χ2v) is 18.4. The zero-order chi connectivity index (χ0) is 42.7. The normalized spacial score (nSPS) is 42.6. The second-order valence-electron chi connectivity index (χ2n) is 18.4. The average Bonchev–Trinajstić information content (AvgIpc) is 3.41. The second kappa shape index (κ2) is 19.2. The van der Waals surface area contributed by atoms with Crippen LogP contribution >= 0.6 is 0 Å². The summed E-state index contributed by atoms with van der Waals surface area (Å²) in [4.78, 5) is 49.4. The maximum Gasteiger partial charge on any atom is 0.288 e. The smallest absolute Gasteiger partial charge is 0.288 e. The number of carbonyl (C=O) groups is 3. The summed E-state index contributed by atoms with van der Waals surface area (Å²) in [6.07, 6.45) is -4.81. The molecule has 4 aliphatic heterocycles. The van der Waals surface area contributed by atoms with E-state index in [1.165, 1.54) is 7.11 Å². The molecule has 57 heavy (non-hydrogen) atoms. The molecule has 0 bridgehead atoms. The first-order chi connectivity index (χ1) is 26.5. The molecule has 4 fully saturated rings. The number of nitrogens with one attached hydrogen (secondary N) is 2. The van der Waals surface area contributed by atoms with Gasteiger partial charge in [-0.15, -0.1) is 0 Å². The molecule has 3 amide bonds. The number of ether oxygens (including phenoxy) is 6. The molecule has 4 rings (SSSR count). The van der Waals surface area contributed by atoms with Crippen LogP contribution in [0.1, 0.15) is 102 Å². The molecule has 4 aliphatic rings. The van der Waals surface area contributed by atoms with Crippen LogP contribution in [0.2, 0.25) is 0 Å². The summed E-state index contributed by atoms with van der Waals surface area (Å²) in [6, 6.07) is -0.432. The van der Waals surface area contributed by atoms with Crippen LogP contribution in [0.15, 0.2) is 4.99 Å². The molecule has 4 heterocycles. The third-order valence-corrected chi connectivity index (χ3v) is 12.1. The van der Waals surface area contributed by atoms with Gasteiger partial charge in [0.2, 0.25) is 17.7 Å². The van der Waals surface area contributed by atoms with E-state index in [0.29, 0.717) is 25.4 Å². The Kier molecular flexibility index (Phi) is 15.9. The highest BCUT2D eigenvalue weighted by Gasteiger charge is 2.54. The molecule has 15 atom stereocenters. The number of amides is 3. The Morgan fingerprint density at radius 3 is 2.28 bits per heavy atom. The Hall–Kier alpha value is -2.60. The van der Waals surface area contributed by atoms with Crippen molar-refractivity contribution in [3.8, 4) is 0 Å². The van der Waals surface area contributed by atoms with Gasteiger partial charge >= 0.3 is 0 Å². The van der Waals surface area contributed by atoms with Crippen molar-refractivity contribution in [1.82, 2.24) is 20.4 Å². The number of aliphatic imine (C=N–C) groups is 1. The van der Waals surface area contributed by atoms with E-state index in [4.69, 9.17) is 33.4 Å². The lowest BCUT2D eigenvalue weighted by atomic mass is 9.77.